The van der Waals surface area contributed by atoms with Crippen molar-refractivity contribution in [3.63, 3.8) is 0 Å². The summed E-state index contributed by atoms with van der Waals surface area (Å²) in [6, 6.07) is 17.7. The van der Waals surface area contributed by atoms with E-state index in [9.17, 15) is 28.8 Å². The highest BCUT2D eigenvalue weighted by Gasteiger charge is 2.10. The topological polar surface area (TPSA) is 175 Å². The summed E-state index contributed by atoms with van der Waals surface area (Å²) in [4.78, 5) is 70.9. The van der Waals surface area contributed by atoms with Crippen LogP contribution in [0.4, 0.5) is 11.4 Å². The third-order valence-electron chi connectivity index (χ3n) is 5.01. The number of hydrogen-bond acceptors (Lipinski definition) is 6. The van der Waals surface area contributed by atoms with Crippen LogP contribution in [-0.4, -0.2) is 35.4 Å². The Morgan fingerprint density at radius 3 is 1.03 bits per heavy atom. The molecule has 6 N–H and O–H groups in total. The fourth-order valence-corrected chi connectivity index (χ4v) is 3.04. The Kier molecular flexibility index (Phi) is 13.1. The monoisotopic (exact) mass is 524 g/mol. The highest BCUT2D eigenvalue weighted by Crippen LogP contribution is 2.07. The van der Waals surface area contributed by atoms with Crippen molar-refractivity contribution in [1.82, 2.24) is 21.7 Å². The van der Waals surface area contributed by atoms with Crippen molar-refractivity contribution in [3.05, 3.63) is 60.7 Å². The van der Waals surface area contributed by atoms with Gasteiger partial charge >= 0.3 is 0 Å². The van der Waals surface area contributed by atoms with Crippen LogP contribution in [0.2, 0.25) is 0 Å². The van der Waals surface area contributed by atoms with Crippen molar-refractivity contribution in [2.45, 2.75) is 51.4 Å². The minimum Gasteiger partial charge on any atom is -0.326 e. The molecule has 0 heterocycles. The van der Waals surface area contributed by atoms with E-state index >= 15 is 0 Å². The molecule has 0 aliphatic rings. The molecule has 0 unspecified atom stereocenters. The van der Waals surface area contributed by atoms with Crippen molar-refractivity contribution >= 4 is 46.8 Å². The van der Waals surface area contributed by atoms with Gasteiger partial charge in [-0.1, -0.05) is 36.4 Å². The molecule has 38 heavy (non-hydrogen) atoms. The van der Waals surface area contributed by atoms with Crippen molar-refractivity contribution in [2.24, 2.45) is 0 Å². The first kappa shape index (κ1) is 29.5. The van der Waals surface area contributed by atoms with Crippen molar-refractivity contribution in [1.29, 1.82) is 0 Å². The molecule has 0 radical (unpaired) electrons. The van der Waals surface area contributed by atoms with E-state index in [1.54, 1.807) is 48.5 Å². The first-order chi connectivity index (χ1) is 18.3. The van der Waals surface area contributed by atoms with Crippen molar-refractivity contribution in [2.75, 3.05) is 10.6 Å². The molecule has 0 spiro atoms. The molecule has 12 nitrogen and oxygen atoms in total. The lowest BCUT2D eigenvalue weighted by atomic mass is 10.2. The van der Waals surface area contributed by atoms with Gasteiger partial charge in [0.15, 0.2) is 0 Å². The molecule has 0 aromatic heterocycles. The average molecular weight is 525 g/mol. The molecule has 2 rings (SSSR count). The summed E-state index contributed by atoms with van der Waals surface area (Å²) in [5.74, 6) is -2.52. The van der Waals surface area contributed by atoms with Gasteiger partial charge in [0.05, 0.1) is 0 Å². The van der Waals surface area contributed by atoms with Gasteiger partial charge in [0, 0.05) is 49.9 Å². The van der Waals surface area contributed by atoms with Crippen LogP contribution in [0.15, 0.2) is 60.7 Å². The molecule has 2 aromatic carbocycles. The van der Waals surface area contributed by atoms with Crippen LogP contribution in [0.5, 0.6) is 0 Å². The largest absolute Gasteiger partial charge is 0.326 e. The van der Waals surface area contributed by atoms with Crippen LogP contribution in [0.25, 0.3) is 0 Å². The second-order valence-electron chi connectivity index (χ2n) is 8.23. The van der Waals surface area contributed by atoms with Gasteiger partial charge in [0.25, 0.3) is 0 Å². The molecule has 0 bridgehead atoms. The molecular weight excluding hydrogens is 492 g/mol. The lowest BCUT2D eigenvalue weighted by molar-refractivity contribution is -0.130. The van der Waals surface area contributed by atoms with Gasteiger partial charge in [-0.3, -0.25) is 50.5 Å². The van der Waals surface area contributed by atoms with Crippen LogP contribution in [0, 0.1) is 0 Å². The highest BCUT2D eigenvalue weighted by atomic mass is 16.2. The van der Waals surface area contributed by atoms with Gasteiger partial charge in [-0.15, -0.1) is 0 Å². The number of nitrogens with one attached hydrogen (secondary N) is 6. The quantitative estimate of drug-likeness (QED) is 0.172. The summed E-state index contributed by atoms with van der Waals surface area (Å²) in [5, 5.41) is 5.32. The third-order valence-corrected chi connectivity index (χ3v) is 5.01. The highest BCUT2D eigenvalue weighted by molar-refractivity contribution is 5.94. The third kappa shape index (κ3) is 13.4. The second-order valence-corrected chi connectivity index (χ2v) is 8.23. The van der Waals surface area contributed by atoms with Crippen LogP contribution in [0.1, 0.15) is 51.4 Å². The van der Waals surface area contributed by atoms with E-state index < -0.39 is 23.6 Å². The number of unbranched alkanes of at least 4 members (excludes halogenated alkanes) is 1. The lowest BCUT2D eigenvalue weighted by Gasteiger charge is -2.09. The number of benzene rings is 2. The number of carbonyl (C=O) groups is 6. The van der Waals surface area contributed by atoms with E-state index in [-0.39, 0.29) is 50.3 Å². The number of anilines is 2. The van der Waals surface area contributed by atoms with Crippen molar-refractivity contribution < 1.29 is 28.8 Å². The molecule has 0 atom stereocenters. The SMILES string of the molecule is O=C(CCCCC(=O)NNC(=O)CCC(=O)Nc1ccccc1)NNC(=O)CCC(=O)Nc1ccccc1. The fourth-order valence-electron chi connectivity index (χ4n) is 3.04. The van der Waals surface area contributed by atoms with Gasteiger partial charge in [-0.2, -0.15) is 0 Å². The lowest BCUT2D eigenvalue weighted by Crippen LogP contribution is -2.42. The van der Waals surface area contributed by atoms with Gasteiger partial charge in [-0.05, 0) is 37.1 Å². The smallest absolute Gasteiger partial charge is 0.238 e. The normalized spacial score (nSPS) is 10.0. The van der Waals surface area contributed by atoms with E-state index in [0.717, 1.165) is 0 Å². The predicted molar refractivity (Wildman–Crippen MR) is 140 cm³/mol. The molecule has 0 saturated heterocycles. The Balaban J connectivity index is 1.46. The Morgan fingerprint density at radius 2 is 0.684 bits per heavy atom. The zero-order valence-corrected chi connectivity index (χ0v) is 20.9. The fraction of sp³-hybridized carbons (Fsp3) is 0.308. The molecule has 202 valence electrons. The Hall–Kier alpha value is -4.74. The van der Waals surface area contributed by atoms with Gasteiger partial charge in [0.2, 0.25) is 35.4 Å². The maximum atomic E-state index is 11.8. The van der Waals surface area contributed by atoms with E-state index in [4.69, 9.17) is 0 Å². The van der Waals surface area contributed by atoms with Crippen LogP contribution >= 0.6 is 0 Å². The minimum atomic E-state index is -0.505. The zero-order chi connectivity index (χ0) is 27.6. The summed E-state index contributed by atoms with van der Waals surface area (Å²) in [6.07, 6.45) is 0.637. The molecule has 12 heteroatoms. The van der Waals surface area contributed by atoms with Gasteiger partial charge < -0.3 is 10.6 Å². The van der Waals surface area contributed by atoms with E-state index in [2.05, 4.69) is 32.3 Å². The molecule has 2 aromatic rings. The van der Waals surface area contributed by atoms with E-state index in [1.807, 2.05) is 12.1 Å². The zero-order valence-electron chi connectivity index (χ0n) is 20.9. The van der Waals surface area contributed by atoms with Crippen molar-refractivity contribution in [3.8, 4) is 0 Å². The number of rotatable bonds is 13. The average Bonchev–Trinajstić information content (AvgIpc) is 2.92. The Labute approximate surface area is 220 Å². The maximum absolute atomic E-state index is 11.8. The summed E-state index contributed by atoms with van der Waals surface area (Å²) in [5.41, 5.74) is 10.3. The van der Waals surface area contributed by atoms with Crippen LogP contribution in [0.3, 0.4) is 0 Å². The molecule has 0 saturated carbocycles. The van der Waals surface area contributed by atoms with E-state index in [0.29, 0.717) is 24.2 Å². The first-order valence-corrected chi connectivity index (χ1v) is 12.2. The summed E-state index contributed by atoms with van der Waals surface area (Å²) >= 11 is 0. The van der Waals surface area contributed by atoms with E-state index in [1.165, 1.54) is 0 Å². The first-order valence-electron chi connectivity index (χ1n) is 12.2. The van der Waals surface area contributed by atoms with Gasteiger partial charge in [0.1, 0.15) is 0 Å². The summed E-state index contributed by atoms with van der Waals surface area (Å²) in [6.45, 7) is 0. The number of hydrogen-bond donors (Lipinski definition) is 6. The number of amides is 6. The van der Waals surface area contributed by atoms with Crippen LogP contribution < -0.4 is 32.3 Å². The Bertz CT molecular complexity index is 1010. The molecule has 0 fully saturated rings. The number of hydrazine groups is 2. The second kappa shape index (κ2) is 16.8. The number of para-hydroxylation sites is 2. The molecule has 6 amide bonds. The number of carbonyl (C=O) groups excluding carboxylic acids is 6. The molecular formula is C26H32N6O6. The predicted octanol–water partition coefficient (Wildman–Crippen LogP) is 1.68. The summed E-state index contributed by atoms with van der Waals surface area (Å²) in [7, 11) is 0. The minimum absolute atomic E-state index is 0.0386. The Morgan fingerprint density at radius 1 is 0.395 bits per heavy atom. The molecule has 0 aliphatic heterocycles. The summed E-state index contributed by atoms with van der Waals surface area (Å²) < 4.78 is 0. The van der Waals surface area contributed by atoms with Crippen LogP contribution in [-0.2, 0) is 28.8 Å². The maximum Gasteiger partial charge on any atom is 0.238 e. The standard InChI is InChI=1S/C26H32N6O6/c33-21(27-19-9-3-1-4-10-19)15-17-25(37)31-29-23(35)13-7-8-14-24(36)30-32-26(38)18-16-22(34)28-20-11-5-2-6-12-20/h1-6,9-12H,7-8,13-18H2,(H,27,33)(H,28,34)(H,29,35)(H,30,36)(H,31,37)(H,32,38). The molecule has 0 aliphatic carbocycles. The van der Waals surface area contributed by atoms with Gasteiger partial charge in [-0.25, -0.2) is 0 Å².